The van der Waals surface area contributed by atoms with Crippen molar-refractivity contribution in [3.63, 3.8) is 0 Å². The molecule has 3 aromatic rings. The summed E-state index contributed by atoms with van der Waals surface area (Å²) in [5.41, 5.74) is 2.10. The first-order chi connectivity index (χ1) is 15.6. The number of para-hydroxylation sites is 1. The van der Waals surface area contributed by atoms with E-state index in [0.29, 0.717) is 18.5 Å². The Morgan fingerprint density at radius 2 is 1.75 bits per heavy atom. The van der Waals surface area contributed by atoms with Crippen molar-refractivity contribution in [3.05, 3.63) is 78.0 Å². The molecule has 0 radical (unpaired) electrons. The monoisotopic (exact) mass is 426 g/mol. The summed E-state index contributed by atoms with van der Waals surface area (Å²) >= 11 is 0. The highest BCUT2D eigenvalue weighted by Crippen LogP contribution is 2.25. The molecule has 1 aromatic heterocycles. The third-order valence-corrected chi connectivity index (χ3v) is 6.01. The van der Waals surface area contributed by atoms with Gasteiger partial charge in [-0.2, -0.15) is 5.26 Å². The number of amides is 2. The Morgan fingerprint density at radius 1 is 1.00 bits per heavy atom. The molecule has 0 bridgehead atoms. The third-order valence-electron chi connectivity index (χ3n) is 6.01. The van der Waals surface area contributed by atoms with Gasteiger partial charge in [-0.25, -0.2) is 4.98 Å². The van der Waals surface area contributed by atoms with E-state index in [4.69, 9.17) is 0 Å². The molecular weight excluding hydrogens is 400 g/mol. The molecule has 6 nitrogen and oxygen atoms in total. The van der Waals surface area contributed by atoms with Crippen LogP contribution in [0, 0.1) is 17.2 Å². The maximum absolute atomic E-state index is 13.0. The number of hydrogen-bond acceptors (Lipinski definition) is 4. The van der Waals surface area contributed by atoms with Crippen LogP contribution in [0.4, 0.5) is 0 Å². The minimum Gasteiger partial charge on any atom is -0.347 e. The summed E-state index contributed by atoms with van der Waals surface area (Å²) in [5.74, 6) is -0.815. The van der Waals surface area contributed by atoms with Crippen LogP contribution in [-0.4, -0.2) is 28.9 Å². The number of benzene rings is 2. The Balaban J connectivity index is 1.42. The van der Waals surface area contributed by atoms with Gasteiger partial charge in [0.2, 0.25) is 5.91 Å². The number of rotatable bonds is 6. The zero-order valence-electron chi connectivity index (χ0n) is 17.8. The molecule has 1 aliphatic carbocycles. The first kappa shape index (κ1) is 21.5. The van der Waals surface area contributed by atoms with Gasteiger partial charge in [-0.05, 0) is 30.5 Å². The average Bonchev–Trinajstić information content (AvgIpc) is 2.84. The lowest BCUT2D eigenvalue weighted by molar-refractivity contribution is -0.127. The molecule has 0 aliphatic heterocycles. The van der Waals surface area contributed by atoms with E-state index in [9.17, 15) is 14.9 Å². The first-order valence-electron chi connectivity index (χ1n) is 11.0. The number of carbonyl (C=O) groups is 2. The van der Waals surface area contributed by atoms with Gasteiger partial charge in [-0.1, -0.05) is 67.4 Å². The van der Waals surface area contributed by atoms with E-state index in [0.717, 1.165) is 35.7 Å². The molecule has 1 saturated carbocycles. The van der Waals surface area contributed by atoms with E-state index >= 15 is 0 Å². The predicted molar refractivity (Wildman–Crippen MR) is 123 cm³/mol. The second kappa shape index (κ2) is 10.1. The molecule has 1 fully saturated rings. The number of carbonyl (C=O) groups excluding carboxylic acids is 2. The fourth-order valence-electron chi connectivity index (χ4n) is 4.31. The molecule has 32 heavy (non-hydrogen) atoms. The van der Waals surface area contributed by atoms with Gasteiger partial charge in [-0.3, -0.25) is 9.59 Å². The minimum atomic E-state index is -0.606. The molecule has 0 unspecified atom stereocenters. The first-order valence-corrected chi connectivity index (χ1v) is 11.0. The molecule has 2 N–H and O–H groups in total. The summed E-state index contributed by atoms with van der Waals surface area (Å²) in [4.78, 5) is 30.4. The summed E-state index contributed by atoms with van der Waals surface area (Å²) < 4.78 is 0. The maximum atomic E-state index is 13.0. The third kappa shape index (κ3) is 5.12. The lowest BCUT2D eigenvalue weighted by Gasteiger charge is -2.31. The largest absolute Gasteiger partial charge is 0.347 e. The van der Waals surface area contributed by atoms with Crippen LogP contribution < -0.4 is 10.6 Å². The molecule has 4 rings (SSSR count). The van der Waals surface area contributed by atoms with Crippen molar-refractivity contribution < 1.29 is 9.59 Å². The fourth-order valence-corrected chi connectivity index (χ4v) is 4.31. The quantitative estimate of drug-likeness (QED) is 0.627. The van der Waals surface area contributed by atoms with Crippen LogP contribution in [0.25, 0.3) is 10.9 Å². The van der Waals surface area contributed by atoms with Crippen molar-refractivity contribution in [1.82, 2.24) is 15.6 Å². The molecule has 0 spiro atoms. The van der Waals surface area contributed by atoms with Crippen molar-refractivity contribution in [2.75, 3.05) is 0 Å². The number of nitriles is 1. The van der Waals surface area contributed by atoms with Crippen molar-refractivity contribution in [1.29, 1.82) is 5.26 Å². The lowest BCUT2D eigenvalue weighted by atomic mass is 9.83. The van der Waals surface area contributed by atoms with Crippen LogP contribution in [0.3, 0.4) is 0 Å². The second-order valence-corrected chi connectivity index (χ2v) is 8.24. The molecule has 3 atom stereocenters. The van der Waals surface area contributed by atoms with Gasteiger partial charge < -0.3 is 10.6 Å². The van der Waals surface area contributed by atoms with E-state index in [-0.39, 0.29) is 23.8 Å². The fraction of sp³-hybridized carbons (Fsp3) is 0.308. The smallest absolute Gasteiger partial charge is 0.270 e. The van der Waals surface area contributed by atoms with Crippen LogP contribution in [0.5, 0.6) is 0 Å². The number of aromatic nitrogens is 1. The average molecular weight is 427 g/mol. The van der Waals surface area contributed by atoms with Crippen LogP contribution >= 0.6 is 0 Å². The summed E-state index contributed by atoms with van der Waals surface area (Å²) in [6.45, 7) is 0. The molecule has 0 saturated heterocycles. The van der Waals surface area contributed by atoms with Gasteiger partial charge in [0.1, 0.15) is 11.7 Å². The summed E-state index contributed by atoms with van der Waals surface area (Å²) in [6.07, 6.45) is 3.74. The second-order valence-electron chi connectivity index (χ2n) is 8.24. The van der Waals surface area contributed by atoms with E-state index in [2.05, 4.69) is 21.7 Å². The SMILES string of the molecule is N#C[C@H](Cc1ccccc1)NC(=O)[C@@H]1CCCC[C@@H]1NC(=O)c1ccc2ccccc2n1. The molecule has 6 heteroatoms. The topological polar surface area (TPSA) is 94.9 Å². The summed E-state index contributed by atoms with van der Waals surface area (Å²) in [5, 5.41) is 16.4. The molecule has 1 heterocycles. The van der Waals surface area contributed by atoms with E-state index < -0.39 is 6.04 Å². The Morgan fingerprint density at radius 3 is 2.56 bits per heavy atom. The lowest BCUT2D eigenvalue weighted by Crippen LogP contribution is -2.50. The molecule has 2 amide bonds. The highest BCUT2D eigenvalue weighted by atomic mass is 16.2. The van der Waals surface area contributed by atoms with Gasteiger partial charge >= 0.3 is 0 Å². The van der Waals surface area contributed by atoms with Crippen molar-refractivity contribution in [2.45, 2.75) is 44.2 Å². The zero-order chi connectivity index (χ0) is 22.3. The maximum Gasteiger partial charge on any atom is 0.270 e. The van der Waals surface area contributed by atoms with Crippen molar-refractivity contribution in [3.8, 4) is 6.07 Å². The van der Waals surface area contributed by atoms with E-state index in [1.54, 1.807) is 6.07 Å². The minimum absolute atomic E-state index is 0.177. The van der Waals surface area contributed by atoms with E-state index in [1.165, 1.54) is 0 Å². The number of fused-ring (bicyclic) bond motifs is 1. The van der Waals surface area contributed by atoms with Gasteiger partial charge in [0, 0.05) is 17.8 Å². The summed E-state index contributed by atoms with van der Waals surface area (Å²) in [6, 6.07) is 22.2. The normalized spacial score (nSPS) is 19.0. The molecule has 162 valence electrons. The van der Waals surface area contributed by atoms with Crippen LogP contribution in [0.15, 0.2) is 66.7 Å². The Bertz CT molecular complexity index is 1140. The Kier molecular flexibility index (Phi) is 6.76. The summed E-state index contributed by atoms with van der Waals surface area (Å²) in [7, 11) is 0. The standard InChI is InChI=1S/C26H26N4O2/c27-17-20(16-18-8-2-1-3-9-18)28-25(31)21-11-5-7-13-23(21)30-26(32)24-15-14-19-10-4-6-12-22(19)29-24/h1-4,6,8-10,12,14-15,20-21,23H,5,7,11,13,16H2,(H,28,31)(H,30,32)/t20-,21+,23-/m0/s1. The molecule has 1 aliphatic rings. The number of pyridine rings is 1. The van der Waals surface area contributed by atoms with Crippen LogP contribution in [0.2, 0.25) is 0 Å². The highest BCUT2D eigenvalue weighted by molar-refractivity contribution is 5.95. The Labute approximate surface area is 187 Å². The van der Waals surface area contributed by atoms with Crippen molar-refractivity contribution >= 4 is 22.7 Å². The van der Waals surface area contributed by atoms with Gasteiger partial charge in [0.15, 0.2) is 0 Å². The predicted octanol–water partition coefficient (Wildman–Crippen LogP) is 3.77. The van der Waals surface area contributed by atoms with Crippen LogP contribution in [-0.2, 0) is 11.2 Å². The molecule has 2 aromatic carbocycles. The number of nitrogens with one attached hydrogen (secondary N) is 2. The van der Waals surface area contributed by atoms with Crippen molar-refractivity contribution in [2.24, 2.45) is 5.92 Å². The highest BCUT2D eigenvalue weighted by Gasteiger charge is 2.33. The number of hydrogen-bond donors (Lipinski definition) is 2. The zero-order valence-corrected chi connectivity index (χ0v) is 17.8. The van der Waals surface area contributed by atoms with Gasteiger partial charge in [0.05, 0.1) is 17.5 Å². The van der Waals surface area contributed by atoms with Crippen LogP contribution in [0.1, 0.15) is 41.7 Å². The van der Waals surface area contributed by atoms with E-state index in [1.807, 2.05) is 60.7 Å². The molecular formula is C26H26N4O2. The Hall–Kier alpha value is -3.72. The van der Waals surface area contributed by atoms with Gasteiger partial charge in [0.25, 0.3) is 5.91 Å². The van der Waals surface area contributed by atoms with Gasteiger partial charge in [-0.15, -0.1) is 0 Å². The number of nitrogens with zero attached hydrogens (tertiary/aromatic N) is 2.